The van der Waals surface area contributed by atoms with Crippen LogP contribution in [-0.2, 0) is 0 Å². The first-order valence-corrected chi connectivity index (χ1v) is 7.11. The number of furan rings is 1. The van der Waals surface area contributed by atoms with E-state index in [9.17, 15) is 4.79 Å². The Morgan fingerprint density at radius 1 is 1.23 bits per heavy atom. The molecule has 0 spiro atoms. The van der Waals surface area contributed by atoms with Crippen LogP contribution < -0.4 is 10.1 Å². The summed E-state index contributed by atoms with van der Waals surface area (Å²) in [5, 5.41) is 3.86. The van der Waals surface area contributed by atoms with E-state index in [4.69, 9.17) is 20.8 Å². The summed E-state index contributed by atoms with van der Waals surface area (Å²) in [4.78, 5) is 12.3. The van der Waals surface area contributed by atoms with Crippen molar-refractivity contribution in [3.8, 4) is 17.1 Å². The van der Waals surface area contributed by atoms with Crippen LogP contribution in [0.2, 0.25) is 5.02 Å². The van der Waals surface area contributed by atoms with E-state index in [0.717, 1.165) is 0 Å². The molecule has 2 aromatic carbocycles. The molecule has 0 aliphatic heterocycles. The van der Waals surface area contributed by atoms with Gasteiger partial charge < -0.3 is 14.5 Å². The molecule has 1 heterocycles. The maximum absolute atomic E-state index is 12.3. The zero-order chi connectivity index (χ0) is 15.7. The highest BCUT2D eigenvalue weighted by atomic mass is 35.5. The average molecular weight is 316 g/mol. The minimum Gasteiger partial charge on any atom is -0.497 e. The molecule has 0 atom stereocenters. The normalized spacial score (nSPS) is 10.7. The van der Waals surface area contributed by atoms with Crippen LogP contribution in [-0.4, -0.2) is 20.1 Å². The molecule has 0 saturated carbocycles. The lowest BCUT2D eigenvalue weighted by atomic mass is 10.0. The van der Waals surface area contributed by atoms with E-state index in [2.05, 4.69) is 5.32 Å². The molecule has 3 aromatic rings. The third kappa shape index (κ3) is 2.31. The highest BCUT2D eigenvalue weighted by Gasteiger charge is 2.23. The number of nitrogens with one attached hydrogen (secondary N) is 1. The predicted octanol–water partition coefficient (Wildman–Crippen LogP) is 4.12. The number of carbonyl (C=O) groups is 1. The van der Waals surface area contributed by atoms with Gasteiger partial charge in [-0.05, 0) is 30.3 Å². The zero-order valence-corrected chi connectivity index (χ0v) is 12.9. The molecule has 1 N–H and O–H groups in total. The molecule has 0 fully saturated rings. The number of hydrogen-bond acceptors (Lipinski definition) is 3. The molecule has 0 radical (unpaired) electrons. The second-order valence-corrected chi connectivity index (χ2v) is 5.13. The fraction of sp³-hybridized carbons (Fsp3) is 0.118. The lowest BCUT2D eigenvalue weighted by molar-refractivity contribution is 0.0964. The van der Waals surface area contributed by atoms with Gasteiger partial charge in [0.25, 0.3) is 5.91 Å². The molecule has 0 unspecified atom stereocenters. The van der Waals surface area contributed by atoms with Gasteiger partial charge in [0.1, 0.15) is 17.1 Å². The number of benzene rings is 2. The fourth-order valence-electron chi connectivity index (χ4n) is 2.39. The number of fused-ring (bicyclic) bond motifs is 1. The number of hydrogen-bond donors (Lipinski definition) is 1. The Hall–Kier alpha value is -2.46. The molecule has 0 bridgehead atoms. The van der Waals surface area contributed by atoms with Gasteiger partial charge in [0, 0.05) is 18.0 Å². The number of methoxy groups -OCH3 is 1. The molecule has 1 amide bonds. The van der Waals surface area contributed by atoms with E-state index < -0.39 is 0 Å². The second kappa shape index (κ2) is 5.73. The van der Waals surface area contributed by atoms with Gasteiger partial charge in [-0.15, -0.1) is 0 Å². The number of amides is 1. The van der Waals surface area contributed by atoms with Crippen LogP contribution in [0.3, 0.4) is 0 Å². The summed E-state index contributed by atoms with van der Waals surface area (Å²) < 4.78 is 11.1. The highest BCUT2D eigenvalue weighted by molar-refractivity contribution is 6.33. The van der Waals surface area contributed by atoms with E-state index in [1.807, 2.05) is 18.2 Å². The van der Waals surface area contributed by atoms with Crippen molar-refractivity contribution >= 4 is 28.5 Å². The van der Waals surface area contributed by atoms with Gasteiger partial charge in [-0.25, -0.2) is 0 Å². The standard InChI is InChI=1S/C17H14ClNO3/c1-19-17(20)15-12-9-10(21-2)7-8-14(12)22-16(15)11-5-3-4-6-13(11)18/h3-9H,1-2H3,(H,19,20). The van der Waals surface area contributed by atoms with Crippen molar-refractivity contribution in [2.24, 2.45) is 0 Å². The summed E-state index contributed by atoms with van der Waals surface area (Å²) in [7, 11) is 3.16. The maximum atomic E-state index is 12.3. The van der Waals surface area contributed by atoms with Crippen molar-refractivity contribution in [3.63, 3.8) is 0 Å². The number of halogens is 1. The van der Waals surface area contributed by atoms with E-state index in [-0.39, 0.29) is 5.91 Å². The number of rotatable bonds is 3. The summed E-state index contributed by atoms with van der Waals surface area (Å²) >= 11 is 6.25. The Labute approximate surface area is 132 Å². The number of ether oxygens (including phenoxy) is 1. The van der Waals surface area contributed by atoms with E-state index in [1.54, 1.807) is 38.4 Å². The molecule has 5 heteroatoms. The Bertz CT molecular complexity index is 854. The van der Waals surface area contributed by atoms with Crippen molar-refractivity contribution in [2.45, 2.75) is 0 Å². The van der Waals surface area contributed by atoms with Crippen molar-refractivity contribution in [2.75, 3.05) is 14.2 Å². The second-order valence-electron chi connectivity index (χ2n) is 4.73. The third-order valence-electron chi connectivity index (χ3n) is 3.47. The smallest absolute Gasteiger partial charge is 0.255 e. The number of carbonyl (C=O) groups excluding carboxylic acids is 1. The van der Waals surface area contributed by atoms with Crippen LogP contribution >= 0.6 is 11.6 Å². The van der Waals surface area contributed by atoms with Gasteiger partial charge in [-0.2, -0.15) is 0 Å². The summed E-state index contributed by atoms with van der Waals surface area (Å²) in [5.41, 5.74) is 1.73. The fourth-order valence-corrected chi connectivity index (χ4v) is 2.61. The van der Waals surface area contributed by atoms with Crippen LogP contribution in [0.5, 0.6) is 5.75 Å². The van der Waals surface area contributed by atoms with Crippen LogP contribution in [0.4, 0.5) is 0 Å². The lowest BCUT2D eigenvalue weighted by Gasteiger charge is -2.04. The van der Waals surface area contributed by atoms with Crippen molar-refractivity contribution < 1.29 is 13.9 Å². The van der Waals surface area contributed by atoms with Crippen LogP contribution in [0.1, 0.15) is 10.4 Å². The molecule has 4 nitrogen and oxygen atoms in total. The lowest BCUT2D eigenvalue weighted by Crippen LogP contribution is -2.18. The molecule has 0 saturated heterocycles. The maximum Gasteiger partial charge on any atom is 0.255 e. The monoisotopic (exact) mass is 315 g/mol. The van der Waals surface area contributed by atoms with Crippen molar-refractivity contribution in [3.05, 3.63) is 53.1 Å². The van der Waals surface area contributed by atoms with Crippen LogP contribution in [0, 0.1) is 0 Å². The Kier molecular flexibility index (Phi) is 3.77. The first-order chi connectivity index (χ1) is 10.7. The largest absolute Gasteiger partial charge is 0.497 e. The molecule has 22 heavy (non-hydrogen) atoms. The summed E-state index contributed by atoms with van der Waals surface area (Å²) in [5.74, 6) is 0.874. The third-order valence-corrected chi connectivity index (χ3v) is 3.80. The Morgan fingerprint density at radius 3 is 2.68 bits per heavy atom. The topological polar surface area (TPSA) is 51.5 Å². The summed E-state index contributed by atoms with van der Waals surface area (Å²) in [6.45, 7) is 0. The highest BCUT2D eigenvalue weighted by Crippen LogP contribution is 2.38. The van der Waals surface area contributed by atoms with Gasteiger partial charge in [0.05, 0.1) is 17.7 Å². The molecule has 1 aromatic heterocycles. The molecule has 112 valence electrons. The van der Waals surface area contributed by atoms with E-state index in [0.29, 0.717) is 38.6 Å². The van der Waals surface area contributed by atoms with Gasteiger partial charge >= 0.3 is 0 Å². The van der Waals surface area contributed by atoms with Gasteiger partial charge in [-0.3, -0.25) is 4.79 Å². The van der Waals surface area contributed by atoms with Crippen LogP contribution in [0.15, 0.2) is 46.9 Å². The molecular formula is C17H14ClNO3. The SMILES string of the molecule is CNC(=O)c1c(-c2ccccc2Cl)oc2ccc(OC)cc12. The van der Waals surface area contributed by atoms with Gasteiger partial charge in [-0.1, -0.05) is 23.7 Å². The minimum atomic E-state index is -0.234. The van der Waals surface area contributed by atoms with Crippen molar-refractivity contribution in [1.29, 1.82) is 0 Å². The van der Waals surface area contributed by atoms with E-state index >= 15 is 0 Å². The quantitative estimate of drug-likeness (QED) is 0.791. The Morgan fingerprint density at radius 2 is 2.00 bits per heavy atom. The van der Waals surface area contributed by atoms with Gasteiger partial charge in [0.2, 0.25) is 0 Å². The minimum absolute atomic E-state index is 0.234. The molecule has 0 aliphatic rings. The average Bonchev–Trinajstić information content (AvgIpc) is 2.92. The molecule has 0 aliphatic carbocycles. The molecule has 3 rings (SSSR count). The summed E-state index contributed by atoms with van der Waals surface area (Å²) in [6, 6.07) is 12.6. The Balaban J connectivity index is 2.34. The first-order valence-electron chi connectivity index (χ1n) is 6.73. The van der Waals surface area contributed by atoms with Crippen LogP contribution in [0.25, 0.3) is 22.3 Å². The predicted molar refractivity (Wildman–Crippen MR) is 86.6 cm³/mol. The summed E-state index contributed by atoms with van der Waals surface area (Å²) in [6.07, 6.45) is 0. The molecular weight excluding hydrogens is 302 g/mol. The zero-order valence-electron chi connectivity index (χ0n) is 12.1. The van der Waals surface area contributed by atoms with E-state index in [1.165, 1.54) is 0 Å². The first kappa shape index (κ1) is 14.5. The van der Waals surface area contributed by atoms with Crippen molar-refractivity contribution in [1.82, 2.24) is 5.32 Å². The van der Waals surface area contributed by atoms with Gasteiger partial charge in [0.15, 0.2) is 0 Å².